The van der Waals surface area contributed by atoms with E-state index in [1.54, 1.807) is 54.6 Å². The number of carbonyl (C=O) groups excluding carboxylic acids is 2. The lowest BCUT2D eigenvalue weighted by Gasteiger charge is -2.31. The number of benzene rings is 3. The van der Waals surface area contributed by atoms with E-state index in [-0.39, 0.29) is 28.6 Å². The highest BCUT2D eigenvalue weighted by atomic mass is 35.5. The van der Waals surface area contributed by atoms with Gasteiger partial charge in [-0.05, 0) is 60.9 Å². The zero-order valence-corrected chi connectivity index (χ0v) is 26.5. The Morgan fingerprint density at radius 3 is 2.59 bits per heavy atom. The lowest BCUT2D eigenvalue weighted by atomic mass is 9.84. The number of hydrogen-bond donors (Lipinski definition) is 0. The minimum Gasteiger partial charge on any atom is -0.450 e. The van der Waals surface area contributed by atoms with Gasteiger partial charge in [-0.3, -0.25) is 19.3 Å². The van der Waals surface area contributed by atoms with Crippen LogP contribution in [0.3, 0.4) is 0 Å². The number of fused-ring (bicyclic) bond motifs is 5. The van der Waals surface area contributed by atoms with E-state index in [1.807, 2.05) is 19.9 Å². The monoisotopic (exact) mass is 660 g/mol. The molecular formula is C32H22Cl2N4O4S2. The molecule has 1 unspecified atom stereocenters. The van der Waals surface area contributed by atoms with Crippen molar-refractivity contribution in [1.29, 1.82) is 0 Å². The Morgan fingerprint density at radius 1 is 1.05 bits per heavy atom. The summed E-state index contributed by atoms with van der Waals surface area (Å²) in [7, 11) is 0. The molecule has 220 valence electrons. The molecule has 44 heavy (non-hydrogen) atoms. The first kappa shape index (κ1) is 28.8. The van der Waals surface area contributed by atoms with Gasteiger partial charge in [-0.1, -0.05) is 76.6 Å². The van der Waals surface area contributed by atoms with Crippen LogP contribution in [0, 0.1) is 13.8 Å². The van der Waals surface area contributed by atoms with Crippen LogP contribution in [0.5, 0.6) is 0 Å². The van der Waals surface area contributed by atoms with Crippen LogP contribution in [0.1, 0.15) is 38.4 Å². The van der Waals surface area contributed by atoms with E-state index in [9.17, 15) is 14.4 Å². The first-order valence-electron chi connectivity index (χ1n) is 13.5. The smallest absolute Gasteiger partial charge is 0.297 e. The summed E-state index contributed by atoms with van der Waals surface area (Å²) in [5.41, 5.74) is 1.65. The van der Waals surface area contributed by atoms with Gasteiger partial charge in [-0.25, -0.2) is 0 Å². The molecule has 2 aliphatic rings. The maximum Gasteiger partial charge on any atom is 0.297 e. The second-order valence-corrected chi connectivity index (χ2v) is 13.5. The molecule has 0 radical (unpaired) electrons. The van der Waals surface area contributed by atoms with Crippen LogP contribution in [-0.4, -0.2) is 28.6 Å². The van der Waals surface area contributed by atoms with E-state index >= 15 is 0 Å². The van der Waals surface area contributed by atoms with Gasteiger partial charge in [0.2, 0.25) is 10.9 Å². The quantitative estimate of drug-likeness (QED) is 0.107. The summed E-state index contributed by atoms with van der Waals surface area (Å²) in [4.78, 5) is 46.3. The molecule has 5 aromatic rings. The largest absolute Gasteiger partial charge is 0.450 e. The molecule has 0 aliphatic carbocycles. The molecule has 1 atom stereocenters. The molecular weight excluding hydrogens is 639 g/mol. The van der Waals surface area contributed by atoms with E-state index in [2.05, 4.69) is 16.8 Å². The van der Waals surface area contributed by atoms with Gasteiger partial charge in [-0.15, -0.1) is 16.8 Å². The standard InChI is InChI=1S/C32H22Cl2N4O4S2/c1-4-11-37-23-8-6-5-7-21(23)32(29(37)41)25-26(39)20-12-16(2)17(3)13-24(20)42-27(25)28(40)38(32)30-35-36-31(44-30)43-15-18-9-10-19(33)14-22(18)34/h4-10,12-14H,1,11,15H2,2-3H3. The third-order valence-corrected chi connectivity index (χ3v) is 10.7. The van der Waals surface area contributed by atoms with Gasteiger partial charge >= 0.3 is 0 Å². The fraction of sp³-hybridized carbons (Fsp3) is 0.156. The van der Waals surface area contributed by atoms with Gasteiger partial charge in [0.25, 0.3) is 11.8 Å². The SMILES string of the molecule is C=CCN1C(=O)C2(c3ccccc31)c1c(oc3cc(C)c(C)cc3c1=O)C(=O)N2c1nnc(SCc2ccc(Cl)cc2Cl)s1. The summed E-state index contributed by atoms with van der Waals surface area (Å²) in [6, 6.07) is 15.9. The Kier molecular flexibility index (Phi) is 6.93. The van der Waals surface area contributed by atoms with Gasteiger partial charge in [-0.2, -0.15) is 0 Å². The highest BCUT2D eigenvalue weighted by Gasteiger charge is 2.66. The zero-order chi connectivity index (χ0) is 30.9. The van der Waals surface area contributed by atoms with Gasteiger partial charge in [0.1, 0.15) is 5.58 Å². The fourth-order valence-corrected chi connectivity index (χ4v) is 8.31. The third kappa shape index (κ3) is 4.08. The summed E-state index contributed by atoms with van der Waals surface area (Å²) in [5, 5.41) is 10.2. The molecule has 0 saturated heterocycles. The normalized spacial score (nSPS) is 17.2. The second-order valence-electron chi connectivity index (χ2n) is 10.5. The first-order valence-corrected chi connectivity index (χ1v) is 16.1. The number of nitrogens with zero attached hydrogens (tertiary/aromatic N) is 4. The summed E-state index contributed by atoms with van der Waals surface area (Å²) in [5.74, 6) is -0.831. The van der Waals surface area contributed by atoms with Crippen LogP contribution in [0.4, 0.5) is 10.8 Å². The molecule has 2 aromatic heterocycles. The molecule has 8 nitrogen and oxygen atoms in total. The van der Waals surface area contributed by atoms with Crippen molar-refractivity contribution in [2.45, 2.75) is 29.5 Å². The summed E-state index contributed by atoms with van der Waals surface area (Å²) < 4.78 is 6.75. The molecule has 12 heteroatoms. The van der Waals surface area contributed by atoms with Gasteiger partial charge < -0.3 is 9.32 Å². The number of thioether (sulfide) groups is 1. The summed E-state index contributed by atoms with van der Waals surface area (Å²) >= 11 is 14.9. The lowest BCUT2D eigenvalue weighted by Crippen LogP contribution is -2.53. The topological polar surface area (TPSA) is 96.6 Å². The Bertz CT molecular complexity index is 2130. The van der Waals surface area contributed by atoms with Crippen molar-refractivity contribution in [2.75, 3.05) is 16.3 Å². The number of amides is 2. The highest BCUT2D eigenvalue weighted by molar-refractivity contribution is 8.00. The molecule has 3 aromatic carbocycles. The van der Waals surface area contributed by atoms with Crippen molar-refractivity contribution in [1.82, 2.24) is 10.2 Å². The Hall–Kier alpha value is -3.96. The molecule has 0 fully saturated rings. The van der Waals surface area contributed by atoms with Crippen molar-refractivity contribution >= 4 is 79.9 Å². The predicted molar refractivity (Wildman–Crippen MR) is 174 cm³/mol. The van der Waals surface area contributed by atoms with Crippen LogP contribution in [0.15, 0.2) is 80.8 Å². The van der Waals surface area contributed by atoms with Crippen molar-refractivity contribution in [2.24, 2.45) is 0 Å². The van der Waals surface area contributed by atoms with Crippen molar-refractivity contribution < 1.29 is 14.0 Å². The Balaban J connectivity index is 1.43. The maximum atomic E-state index is 14.7. The molecule has 4 heterocycles. The van der Waals surface area contributed by atoms with Gasteiger partial charge in [0.05, 0.1) is 16.6 Å². The van der Waals surface area contributed by atoms with E-state index < -0.39 is 22.8 Å². The number of hydrogen-bond acceptors (Lipinski definition) is 8. The minimum atomic E-state index is -1.85. The van der Waals surface area contributed by atoms with E-state index in [1.165, 1.54) is 21.6 Å². The number of aromatic nitrogens is 2. The number of rotatable bonds is 6. The minimum absolute atomic E-state index is 0.0281. The highest BCUT2D eigenvalue weighted by Crippen LogP contribution is 2.54. The molecule has 7 rings (SSSR count). The van der Waals surface area contributed by atoms with E-state index in [0.29, 0.717) is 36.8 Å². The lowest BCUT2D eigenvalue weighted by molar-refractivity contribution is -0.121. The Labute approximate surface area is 269 Å². The fourth-order valence-electron chi connectivity index (χ4n) is 5.86. The predicted octanol–water partition coefficient (Wildman–Crippen LogP) is 7.30. The number of carbonyl (C=O) groups is 2. The van der Waals surface area contributed by atoms with Crippen LogP contribution < -0.4 is 15.2 Å². The van der Waals surface area contributed by atoms with Gasteiger partial charge in [0.15, 0.2) is 15.3 Å². The maximum absolute atomic E-state index is 14.7. The average molecular weight is 662 g/mol. The van der Waals surface area contributed by atoms with E-state index in [4.69, 9.17) is 27.6 Å². The average Bonchev–Trinajstić information content (AvgIpc) is 3.63. The van der Waals surface area contributed by atoms with Crippen LogP contribution in [-0.2, 0) is 16.1 Å². The van der Waals surface area contributed by atoms with Gasteiger partial charge in [0, 0.05) is 27.9 Å². The van der Waals surface area contributed by atoms with Crippen LogP contribution in [0.2, 0.25) is 10.0 Å². The summed E-state index contributed by atoms with van der Waals surface area (Å²) in [6.07, 6.45) is 1.60. The summed E-state index contributed by atoms with van der Waals surface area (Å²) in [6.45, 7) is 7.80. The third-order valence-electron chi connectivity index (χ3n) is 8.01. The first-order chi connectivity index (χ1) is 21.2. The molecule has 1 spiro atoms. The number of anilines is 2. The van der Waals surface area contributed by atoms with Crippen molar-refractivity contribution in [3.8, 4) is 0 Å². The number of para-hydroxylation sites is 1. The molecule has 2 amide bonds. The van der Waals surface area contributed by atoms with Crippen LogP contribution >= 0.6 is 46.3 Å². The van der Waals surface area contributed by atoms with Crippen LogP contribution in [0.25, 0.3) is 11.0 Å². The molecule has 0 saturated carbocycles. The molecule has 2 aliphatic heterocycles. The zero-order valence-electron chi connectivity index (χ0n) is 23.4. The second kappa shape index (κ2) is 10.6. The van der Waals surface area contributed by atoms with E-state index in [0.717, 1.165) is 28.0 Å². The Morgan fingerprint density at radius 2 is 1.82 bits per heavy atom. The number of aryl methyl sites for hydroxylation is 2. The number of halogens is 2. The van der Waals surface area contributed by atoms with Crippen molar-refractivity contribution in [3.63, 3.8) is 0 Å². The van der Waals surface area contributed by atoms with Crippen molar-refractivity contribution in [3.05, 3.63) is 121 Å². The molecule has 0 N–H and O–H groups in total. The molecule has 0 bridgehead atoms.